The van der Waals surface area contributed by atoms with E-state index < -0.39 is 5.91 Å². The van der Waals surface area contributed by atoms with Gasteiger partial charge >= 0.3 is 0 Å². The number of benzene rings is 1. The number of carbonyl (C=O) groups excluding carboxylic acids is 3. The van der Waals surface area contributed by atoms with Crippen LogP contribution in [0.2, 0.25) is 0 Å². The molecule has 0 saturated carbocycles. The van der Waals surface area contributed by atoms with Crippen molar-refractivity contribution in [1.82, 2.24) is 4.90 Å². The molecular formula is C14H17N3O3. The molecule has 2 unspecified atom stereocenters. The molecule has 1 fully saturated rings. The molecule has 20 heavy (non-hydrogen) atoms. The van der Waals surface area contributed by atoms with Gasteiger partial charge in [-0.25, -0.2) is 0 Å². The lowest BCUT2D eigenvalue weighted by Gasteiger charge is -2.14. The number of para-hydroxylation sites is 2. The van der Waals surface area contributed by atoms with Crippen molar-refractivity contribution >= 4 is 29.1 Å². The summed E-state index contributed by atoms with van der Waals surface area (Å²) in [7, 11) is 0. The van der Waals surface area contributed by atoms with E-state index in [1.54, 1.807) is 38.1 Å². The summed E-state index contributed by atoms with van der Waals surface area (Å²) in [6.07, 6.45) is 0. The lowest BCUT2D eigenvalue weighted by Crippen LogP contribution is -2.38. The Morgan fingerprint density at radius 2 is 1.75 bits per heavy atom. The van der Waals surface area contributed by atoms with E-state index >= 15 is 0 Å². The normalized spacial score (nSPS) is 22.2. The molecule has 3 N–H and O–H groups in total. The summed E-state index contributed by atoms with van der Waals surface area (Å²) < 4.78 is 0. The summed E-state index contributed by atoms with van der Waals surface area (Å²) >= 11 is 0. The predicted molar refractivity (Wildman–Crippen MR) is 74.5 cm³/mol. The number of nitrogens with two attached hydrogens (primary N) is 1. The number of nitrogen functional groups attached to an aromatic ring is 1. The molecule has 0 aliphatic carbocycles. The highest BCUT2D eigenvalue weighted by molar-refractivity contribution is 6.08. The van der Waals surface area contributed by atoms with Gasteiger partial charge in [0.25, 0.3) is 0 Å². The van der Waals surface area contributed by atoms with Gasteiger partial charge in [-0.15, -0.1) is 0 Å². The molecule has 1 aliphatic rings. The molecule has 2 atom stereocenters. The maximum Gasteiger partial charge on any atom is 0.244 e. The molecule has 1 aromatic carbocycles. The zero-order chi connectivity index (χ0) is 14.9. The second kappa shape index (κ2) is 5.32. The van der Waals surface area contributed by atoms with Gasteiger partial charge in [0.15, 0.2) is 0 Å². The van der Waals surface area contributed by atoms with Crippen molar-refractivity contribution in [2.45, 2.75) is 13.8 Å². The van der Waals surface area contributed by atoms with Crippen LogP contribution in [0.15, 0.2) is 24.3 Å². The van der Waals surface area contributed by atoms with Crippen molar-refractivity contribution in [2.75, 3.05) is 17.6 Å². The minimum atomic E-state index is -0.439. The second-order valence-corrected chi connectivity index (χ2v) is 4.98. The molecule has 6 heteroatoms. The molecule has 1 heterocycles. The third kappa shape index (κ3) is 2.49. The molecular weight excluding hydrogens is 258 g/mol. The first kappa shape index (κ1) is 14.0. The van der Waals surface area contributed by atoms with E-state index in [9.17, 15) is 14.4 Å². The average Bonchev–Trinajstić information content (AvgIpc) is 2.59. The van der Waals surface area contributed by atoms with E-state index in [-0.39, 0.29) is 30.2 Å². The standard InChI is InChI=1S/C14H17N3O3/c1-8-9(2)14(20)17(13(8)19)7-12(18)16-11-6-4-3-5-10(11)15/h3-6,8-9H,7,15H2,1-2H3,(H,16,18). The summed E-state index contributed by atoms with van der Waals surface area (Å²) in [5.74, 6) is -1.81. The number of hydrogen-bond acceptors (Lipinski definition) is 4. The maximum absolute atomic E-state index is 11.9. The highest BCUT2D eigenvalue weighted by Crippen LogP contribution is 2.25. The van der Waals surface area contributed by atoms with Crippen LogP contribution in [0.5, 0.6) is 0 Å². The van der Waals surface area contributed by atoms with Crippen LogP contribution in [0, 0.1) is 11.8 Å². The molecule has 3 amide bonds. The molecule has 0 radical (unpaired) electrons. The first-order valence-electron chi connectivity index (χ1n) is 6.41. The fourth-order valence-electron chi connectivity index (χ4n) is 2.13. The summed E-state index contributed by atoms with van der Waals surface area (Å²) in [5, 5.41) is 2.60. The number of anilines is 2. The van der Waals surface area contributed by atoms with Crippen LogP contribution >= 0.6 is 0 Å². The molecule has 2 rings (SSSR count). The van der Waals surface area contributed by atoms with Crippen LogP contribution in [0.25, 0.3) is 0 Å². The first-order chi connectivity index (χ1) is 9.41. The Morgan fingerprint density at radius 3 is 2.30 bits per heavy atom. The van der Waals surface area contributed by atoms with Crippen molar-refractivity contribution in [1.29, 1.82) is 0 Å². The number of nitrogens with one attached hydrogen (secondary N) is 1. The lowest BCUT2D eigenvalue weighted by molar-refractivity contribution is -0.142. The number of nitrogens with zero attached hydrogens (tertiary/aromatic N) is 1. The number of carbonyl (C=O) groups is 3. The Kier molecular flexibility index (Phi) is 3.74. The number of amides is 3. The predicted octanol–water partition coefficient (Wildman–Crippen LogP) is 0.848. The lowest BCUT2D eigenvalue weighted by atomic mass is 10.00. The molecule has 0 spiro atoms. The van der Waals surface area contributed by atoms with Gasteiger partial charge in [-0.3, -0.25) is 19.3 Å². The van der Waals surface area contributed by atoms with Gasteiger partial charge in [0.05, 0.1) is 11.4 Å². The summed E-state index contributed by atoms with van der Waals surface area (Å²) in [6.45, 7) is 3.11. The van der Waals surface area contributed by atoms with Gasteiger partial charge < -0.3 is 11.1 Å². The Balaban J connectivity index is 2.04. The fraction of sp³-hybridized carbons (Fsp3) is 0.357. The monoisotopic (exact) mass is 275 g/mol. The van der Waals surface area contributed by atoms with Crippen molar-refractivity contribution in [3.05, 3.63) is 24.3 Å². The molecule has 1 aromatic rings. The fourth-order valence-corrected chi connectivity index (χ4v) is 2.13. The molecule has 6 nitrogen and oxygen atoms in total. The van der Waals surface area contributed by atoms with E-state index in [4.69, 9.17) is 5.73 Å². The van der Waals surface area contributed by atoms with Crippen LogP contribution in [0.4, 0.5) is 11.4 Å². The van der Waals surface area contributed by atoms with E-state index in [0.717, 1.165) is 4.90 Å². The van der Waals surface area contributed by atoms with Gasteiger partial charge in [-0.1, -0.05) is 26.0 Å². The quantitative estimate of drug-likeness (QED) is 0.631. The van der Waals surface area contributed by atoms with Crippen LogP contribution < -0.4 is 11.1 Å². The number of imide groups is 1. The topological polar surface area (TPSA) is 92.5 Å². The zero-order valence-corrected chi connectivity index (χ0v) is 11.4. The van der Waals surface area contributed by atoms with Crippen molar-refractivity contribution in [2.24, 2.45) is 11.8 Å². The van der Waals surface area contributed by atoms with Gasteiger partial charge in [0, 0.05) is 11.8 Å². The summed E-state index contributed by atoms with van der Waals surface area (Å²) in [4.78, 5) is 36.7. The van der Waals surface area contributed by atoms with Gasteiger partial charge in [0.2, 0.25) is 17.7 Å². The van der Waals surface area contributed by atoms with Crippen LogP contribution in [0.3, 0.4) is 0 Å². The molecule has 106 valence electrons. The third-order valence-electron chi connectivity index (χ3n) is 3.60. The number of hydrogen-bond donors (Lipinski definition) is 2. The van der Waals surface area contributed by atoms with Crippen LogP contribution in [-0.4, -0.2) is 29.2 Å². The Bertz CT molecular complexity index is 551. The molecule has 1 aliphatic heterocycles. The molecule has 0 bridgehead atoms. The van der Waals surface area contributed by atoms with E-state index in [1.807, 2.05) is 0 Å². The third-order valence-corrected chi connectivity index (χ3v) is 3.60. The highest BCUT2D eigenvalue weighted by Gasteiger charge is 2.42. The summed E-state index contributed by atoms with van der Waals surface area (Å²) in [5.41, 5.74) is 6.62. The first-order valence-corrected chi connectivity index (χ1v) is 6.41. The number of likely N-dealkylation sites (tertiary alicyclic amines) is 1. The minimum absolute atomic E-state index is 0.277. The minimum Gasteiger partial charge on any atom is -0.397 e. The Hall–Kier alpha value is -2.37. The smallest absolute Gasteiger partial charge is 0.244 e. The molecule has 0 aromatic heterocycles. The van der Waals surface area contributed by atoms with Gasteiger partial charge in [-0.05, 0) is 12.1 Å². The van der Waals surface area contributed by atoms with Crippen molar-refractivity contribution in [3.63, 3.8) is 0 Å². The SMILES string of the molecule is CC1C(=O)N(CC(=O)Nc2ccccc2N)C(=O)C1C. The zero-order valence-electron chi connectivity index (χ0n) is 11.4. The highest BCUT2D eigenvalue weighted by atomic mass is 16.2. The second-order valence-electron chi connectivity index (χ2n) is 4.98. The van der Waals surface area contributed by atoms with Gasteiger partial charge in [-0.2, -0.15) is 0 Å². The van der Waals surface area contributed by atoms with Crippen molar-refractivity contribution < 1.29 is 14.4 Å². The van der Waals surface area contributed by atoms with Crippen LogP contribution in [-0.2, 0) is 14.4 Å². The number of rotatable bonds is 3. The Labute approximate surface area is 116 Å². The molecule has 1 saturated heterocycles. The van der Waals surface area contributed by atoms with E-state index in [0.29, 0.717) is 11.4 Å². The van der Waals surface area contributed by atoms with E-state index in [2.05, 4.69) is 5.32 Å². The maximum atomic E-state index is 11.9. The van der Waals surface area contributed by atoms with E-state index in [1.165, 1.54) is 0 Å². The van der Waals surface area contributed by atoms with Gasteiger partial charge in [0.1, 0.15) is 6.54 Å². The van der Waals surface area contributed by atoms with Crippen LogP contribution in [0.1, 0.15) is 13.8 Å². The largest absolute Gasteiger partial charge is 0.397 e. The summed E-state index contributed by atoms with van der Waals surface area (Å²) in [6, 6.07) is 6.81. The van der Waals surface area contributed by atoms with Crippen molar-refractivity contribution in [3.8, 4) is 0 Å². The Morgan fingerprint density at radius 1 is 1.20 bits per heavy atom. The average molecular weight is 275 g/mol.